The summed E-state index contributed by atoms with van der Waals surface area (Å²) in [7, 11) is 0. The molecule has 27 heavy (non-hydrogen) atoms. The lowest BCUT2D eigenvalue weighted by molar-refractivity contribution is 0.302. The number of anilines is 1. The number of nitrogens with one attached hydrogen (secondary N) is 1. The lowest BCUT2D eigenvalue weighted by Crippen LogP contribution is -2.38. The van der Waals surface area contributed by atoms with Crippen molar-refractivity contribution in [2.24, 2.45) is 5.41 Å². The van der Waals surface area contributed by atoms with Crippen molar-refractivity contribution in [2.75, 3.05) is 5.32 Å². The van der Waals surface area contributed by atoms with E-state index in [4.69, 9.17) is 4.98 Å². The van der Waals surface area contributed by atoms with E-state index in [2.05, 4.69) is 89.5 Å². The zero-order chi connectivity index (χ0) is 19.4. The van der Waals surface area contributed by atoms with Gasteiger partial charge in [0.05, 0.1) is 0 Å². The van der Waals surface area contributed by atoms with Gasteiger partial charge in [0.1, 0.15) is 5.82 Å². The van der Waals surface area contributed by atoms with Gasteiger partial charge >= 0.3 is 0 Å². The molecule has 142 valence electrons. The van der Waals surface area contributed by atoms with E-state index in [-0.39, 0.29) is 10.8 Å². The Morgan fingerprint density at radius 3 is 2.41 bits per heavy atom. The normalized spacial score (nSPS) is 24.1. The Balaban J connectivity index is 1.96. The monoisotopic (exact) mass is 360 g/mol. The van der Waals surface area contributed by atoms with E-state index in [1.54, 1.807) is 5.57 Å². The highest BCUT2D eigenvalue weighted by atomic mass is 15.0. The maximum absolute atomic E-state index is 4.90. The number of pyridine rings is 1. The second kappa shape index (κ2) is 5.95. The number of benzene rings is 1. The van der Waals surface area contributed by atoms with E-state index >= 15 is 0 Å². The van der Waals surface area contributed by atoms with Crippen LogP contribution in [0, 0.1) is 5.41 Å². The van der Waals surface area contributed by atoms with Crippen molar-refractivity contribution >= 4 is 5.82 Å². The first-order chi connectivity index (χ1) is 12.6. The van der Waals surface area contributed by atoms with Crippen LogP contribution in [0.4, 0.5) is 5.82 Å². The highest BCUT2D eigenvalue weighted by molar-refractivity contribution is 5.67. The molecule has 1 aliphatic heterocycles. The van der Waals surface area contributed by atoms with Gasteiger partial charge in [-0.05, 0) is 59.8 Å². The van der Waals surface area contributed by atoms with Crippen LogP contribution >= 0.6 is 0 Å². The topological polar surface area (TPSA) is 24.9 Å². The van der Waals surface area contributed by atoms with Gasteiger partial charge < -0.3 is 5.32 Å². The number of fused-ring (bicyclic) bond motifs is 1. The zero-order valence-electron chi connectivity index (χ0n) is 17.6. The molecule has 0 saturated heterocycles. The van der Waals surface area contributed by atoms with Gasteiger partial charge in [-0.1, -0.05) is 65.0 Å². The average Bonchev–Trinajstić information content (AvgIpc) is 2.60. The third kappa shape index (κ3) is 2.99. The average molecular weight is 361 g/mol. The lowest BCUT2D eigenvalue weighted by atomic mass is 9.62. The van der Waals surface area contributed by atoms with Crippen molar-refractivity contribution in [2.45, 2.75) is 71.6 Å². The molecule has 1 N–H and O–H groups in total. The van der Waals surface area contributed by atoms with Gasteiger partial charge in [0.25, 0.3) is 0 Å². The lowest BCUT2D eigenvalue weighted by Gasteiger charge is -2.46. The van der Waals surface area contributed by atoms with Crippen molar-refractivity contribution in [3.05, 3.63) is 70.6 Å². The predicted molar refractivity (Wildman–Crippen MR) is 114 cm³/mol. The fourth-order valence-electron chi connectivity index (χ4n) is 4.72. The molecule has 2 heteroatoms. The van der Waals surface area contributed by atoms with Crippen molar-refractivity contribution in [3.63, 3.8) is 0 Å². The molecule has 0 fully saturated rings. The first kappa shape index (κ1) is 18.3. The minimum Gasteiger partial charge on any atom is -0.344 e. The second-order valence-electron chi connectivity index (χ2n) is 10.3. The number of hydrogen-bond donors (Lipinski definition) is 1. The van der Waals surface area contributed by atoms with Gasteiger partial charge in [0.15, 0.2) is 0 Å². The molecule has 1 aromatic carbocycles. The first-order valence-electron chi connectivity index (χ1n) is 10.2. The SMILES string of the molecule is CC1(C)CCC2=C(C1)Nc1ncc(C(C)(C)C)cc1[C@@]2(C)c1ccccc1. The molecule has 1 aromatic heterocycles. The van der Waals surface area contributed by atoms with Crippen LogP contribution in [0.25, 0.3) is 0 Å². The van der Waals surface area contributed by atoms with Crippen molar-refractivity contribution < 1.29 is 0 Å². The Hall–Kier alpha value is -2.09. The number of rotatable bonds is 1. The van der Waals surface area contributed by atoms with Gasteiger partial charge in [-0.2, -0.15) is 0 Å². The molecule has 0 unspecified atom stereocenters. The molecule has 0 bridgehead atoms. The number of allylic oxidation sites excluding steroid dienone is 2. The Bertz CT molecular complexity index is 900. The van der Waals surface area contributed by atoms with Crippen LogP contribution in [0.15, 0.2) is 53.9 Å². The van der Waals surface area contributed by atoms with Crippen LogP contribution in [-0.2, 0) is 10.8 Å². The molecule has 2 heterocycles. The van der Waals surface area contributed by atoms with Crippen LogP contribution < -0.4 is 5.32 Å². The number of aromatic nitrogens is 1. The quantitative estimate of drug-likeness (QED) is 0.621. The van der Waals surface area contributed by atoms with Gasteiger partial charge in [0.2, 0.25) is 0 Å². The van der Waals surface area contributed by atoms with E-state index < -0.39 is 0 Å². The van der Waals surface area contributed by atoms with Crippen LogP contribution in [-0.4, -0.2) is 4.98 Å². The smallest absolute Gasteiger partial charge is 0.134 e. The number of nitrogens with zero attached hydrogens (tertiary/aromatic N) is 1. The Morgan fingerprint density at radius 1 is 1.04 bits per heavy atom. The second-order valence-corrected chi connectivity index (χ2v) is 10.3. The fourth-order valence-corrected chi connectivity index (χ4v) is 4.72. The molecule has 0 radical (unpaired) electrons. The van der Waals surface area contributed by atoms with E-state index in [9.17, 15) is 0 Å². The minimum atomic E-state index is -0.123. The van der Waals surface area contributed by atoms with E-state index in [0.717, 1.165) is 18.7 Å². The summed E-state index contributed by atoms with van der Waals surface area (Å²) < 4.78 is 0. The third-order valence-electron chi connectivity index (χ3n) is 6.59. The van der Waals surface area contributed by atoms with Gasteiger partial charge in [-0.3, -0.25) is 0 Å². The molecule has 0 amide bonds. The van der Waals surface area contributed by atoms with Crippen LogP contribution in [0.3, 0.4) is 0 Å². The number of hydrogen-bond acceptors (Lipinski definition) is 2. The zero-order valence-corrected chi connectivity index (χ0v) is 17.6. The Labute approximate surface area is 164 Å². The molecule has 4 rings (SSSR count). The van der Waals surface area contributed by atoms with Crippen LogP contribution in [0.2, 0.25) is 0 Å². The summed E-state index contributed by atoms with van der Waals surface area (Å²) in [6.45, 7) is 14.0. The van der Waals surface area contributed by atoms with Gasteiger partial charge in [-0.25, -0.2) is 4.98 Å². The molecular formula is C25H32N2. The molecule has 2 nitrogen and oxygen atoms in total. The minimum absolute atomic E-state index is 0.0862. The van der Waals surface area contributed by atoms with Gasteiger partial charge in [0, 0.05) is 22.9 Å². The summed E-state index contributed by atoms with van der Waals surface area (Å²) in [4.78, 5) is 4.90. The van der Waals surface area contributed by atoms with Crippen molar-refractivity contribution in [1.82, 2.24) is 4.98 Å². The maximum atomic E-state index is 4.90. The molecule has 1 atom stereocenters. The molecule has 2 aromatic rings. The van der Waals surface area contributed by atoms with Gasteiger partial charge in [-0.15, -0.1) is 0 Å². The molecule has 0 saturated carbocycles. The Kier molecular flexibility index (Phi) is 4.03. The molecule has 2 aliphatic rings. The first-order valence-corrected chi connectivity index (χ1v) is 10.2. The van der Waals surface area contributed by atoms with E-state index in [1.807, 2.05) is 0 Å². The van der Waals surface area contributed by atoms with Crippen LogP contribution in [0.1, 0.15) is 77.5 Å². The predicted octanol–water partition coefficient (Wildman–Crippen LogP) is 6.57. The van der Waals surface area contributed by atoms with Crippen molar-refractivity contribution in [3.8, 4) is 0 Å². The standard InChI is InChI=1S/C25H32N2/c1-23(2,3)18-14-20-22(26-16-18)27-21-15-24(4,5)13-12-19(21)25(20,6)17-10-8-7-9-11-17/h7-11,14,16H,12-13,15H2,1-6H3,(H,26,27)/t25-/m0/s1. The van der Waals surface area contributed by atoms with E-state index in [0.29, 0.717) is 5.41 Å². The summed E-state index contributed by atoms with van der Waals surface area (Å²) in [5.74, 6) is 1.03. The summed E-state index contributed by atoms with van der Waals surface area (Å²) in [6.07, 6.45) is 5.52. The summed E-state index contributed by atoms with van der Waals surface area (Å²) in [6, 6.07) is 13.4. The fraction of sp³-hybridized carbons (Fsp3) is 0.480. The third-order valence-corrected chi connectivity index (χ3v) is 6.59. The molecule has 0 spiro atoms. The summed E-state index contributed by atoms with van der Waals surface area (Å²) in [5.41, 5.74) is 7.23. The highest BCUT2D eigenvalue weighted by Crippen LogP contribution is 2.53. The largest absolute Gasteiger partial charge is 0.344 e. The Morgan fingerprint density at radius 2 is 1.74 bits per heavy atom. The maximum Gasteiger partial charge on any atom is 0.134 e. The van der Waals surface area contributed by atoms with Crippen molar-refractivity contribution in [1.29, 1.82) is 0 Å². The molecule has 1 aliphatic carbocycles. The summed E-state index contributed by atoms with van der Waals surface area (Å²) in [5, 5.41) is 3.73. The van der Waals surface area contributed by atoms with Crippen LogP contribution in [0.5, 0.6) is 0 Å². The highest BCUT2D eigenvalue weighted by Gasteiger charge is 2.44. The summed E-state index contributed by atoms with van der Waals surface area (Å²) >= 11 is 0. The van der Waals surface area contributed by atoms with E-state index in [1.165, 1.54) is 28.8 Å². The molecular weight excluding hydrogens is 328 g/mol.